The predicted octanol–water partition coefficient (Wildman–Crippen LogP) is -0.586. The molecular formula is C10H22N2O2. The van der Waals surface area contributed by atoms with Gasteiger partial charge in [0.05, 0.1) is 18.8 Å². The van der Waals surface area contributed by atoms with E-state index in [-0.39, 0.29) is 13.2 Å². The Bertz CT molecular complexity index is 172. The number of nitrogens with one attached hydrogen (secondary N) is 1. The van der Waals surface area contributed by atoms with Crippen LogP contribution in [0.3, 0.4) is 0 Å². The second kappa shape index (κ2) is 5.07. The molecule has 0 spiro atoms. The summed E-state index contributed by atoms with van der Waals surface area (Å²) < 4.78 is 0. The van der Waals surface area contributed by atoms with Gasteiger partial charge in [0.15, 0.2) is 0 Å². The maximum absolute atomic E-state index is 9.15. The van der Waals surface area contributed by atoms with Gasteiger partial charge >= 0.3 is 0 Å². The van der Waals surface area contributed by atoms with Gasteiger partial charge in [0.1, 0.15) is 0 Å². The third kappa shape index (κ3) is 3.20. The van der Waals surface area contributed by atoms with Crippen LogP contribution in [0.2, 0.25) is 0 Å². The predicted molar refractivity (Wildman–Crippen MR) is 56.2 cm³/mol. The SMILES string of the molecule is CN1CCCC(NC(C)(CO)CO)C1. The van der Waals surface area contributed by atoms with Gasteiger partial charge in [0.25, 0.3) is 0 Å². The van der Waals surface area contributed by atoms with Crippen molar-refractivity contribution in [2.24, 2.45) is 0 Å². The van der Waals surface area contributed by atoms with Gasteiger partial charge in [-0.25, -0.2) is 0 Å². The molecule has 0 radical (unpaired) electrons. The number of hydrogen-bond donors (Lipinski definition) is 3. The first-order valence-corrected chi connectivity index (χ1v) is 5.27. The molecule has 3 N–H and O–H groups in total. The molecule has 1 fully saturated rings. The highest BCUT2D eigenvalue weighted by atomic mass is 16.3. The van der Waals surface area contributed by atoms with Crippen molar-refractivity contribution in [2.45, 2.75) is 31.3 Å². The number of likely N-dealkylation sites (tertiary alicyclic amines) is 1. The topological polar surface area (TPSA) is 55.7 Å². The van der Waals surface area contributed by atoms with Gasteiger partial charge in [0, 0.05) is 12.6 Å². The molecule has 1 aliphatic heterocycles. The van der Waals surface area contributed by atoms with Gasteiger partial charge < -0.3 is 20.4 Å². The van der Waals surface area contributed by atoms with Crippen LogP contribution in [0, 0.1) is 0 Å². The summed E-state index contributed by atoms with van der Waals surface area (Å²) in [6.45, 7) is 3.94. The zero-order valence-corrected chi connectivity index (χ0v) is 9.16. The van der Waals surface area contributed by atoms with Crippen LogP contribution in [0.1, 0.15) is 19.8 Å². The minimum absolute atomic E-state index is 0.0241. The van der Waals surface area contributed by atoms with E-state index in [0.29, 0.717) is 6.04 Å². The second-order valence-corrected chi connectivity index (χ2v) is 4.62. The van der Waals surface area contributed by atoms with Gasteiger partial charge in [-0.3, -0.25) is 0 Å². The van der Waals surface area contributed by atoms with E-state index >= 15 is 0 Å². The Labute approximate surface area is 85.9 Å². The summed E-state index contributed by atoms with van der Waals surface area (Å²) in [4.78, 5) is 2.27. The number of aliphatic hydroxyl groups is 2. The Kier molecular flexibility index (Phi) is 4.31. The quantitative estimate of drug-likeness (QED) is 0.570. The molecule has 1 aliphatic rings. The fourth-order valence-electron chi connectivity index (χ4n) is 1.92. The lowest BCUT2D eigenvalue weighted by Gasteiger charge is -2.37. The van der Waals surface area contributed by atoms with Crippen LogP contribution in [0.25, 0.3) is 0 Å². The van der Waals surface area contributed by atoms with Gasteiger partial charge in [-0.05, 0) is 33.4 Å². The molecular weight excluding hydrogens is 180 g/mol. The zero-order valence-electron chi connectivity index (χ0n) is 9.16. The maximum atomic E-state index is 9.15. The monoisotopic (exact) mass is 202 g/mol. The molecule has 1 rings (SSSR count). The summed E-state index contributed by atoms with van der Waals surface area (Å²) in [6.07, 6.45) is 2.31. The lowest BCUT2D eigenvalue weighted by Crippen LogP contribution is -2.57. The molecule has 84 valence electrons. The van der Waals surface area contributed by atoms with Crippen molar-refractivity contribution in [3.05, 3.63) is 0 Å². The van der Waals surface area contributed by atoms with Crippen molar-refractivity contribution in [1.29, 1.82) is 0 Å². The minimum Gasteiger partial charge on any atom is -0.394 e. The lowest BCUT2D eigenvalue weighted by atomic mass is 9.99. The summed E-state index contributed by atoms with van der Waals surface area (Å²) in [5.74, 6) is 0. The van der Waals surface area contributed by atoms with Crippen LogP contribution >= 0.6 is 0 Å². The van der Waals surface area contributed by atoms with E-state index in [1.54, 1.807) is 0 Å². The van der Waals surface area contributed by atoms with Crippen molar-refractivity contribution in [1.82, 2.24) is 10.2 Å². The summed E-state index contributed by atoms with van der Waals surface area (Å²) in [6, 6.07) is 0.387. The summed E-state index contributed by atoms with van der Waals surface area (Å²) in [5.41, 5.74) is -0.539. The van der Waals surface area contributed by atoms with Crippen LogP contribution in [-0.4, -0.2) is 60.0 Å². The number of aliphatic hydroxyl groups excluding tert-OH is 2. The highest BCUT2D eigenvalue weighted by Gasteiger charge is 2.27. The van der Waals surface area contributed by atoms with Gasteiger partial charge in [-0.1, -0.05) is 0 Å². The molecule has 0 amide bonds. The lowest BCUT2D eigenvalue weighted by molar-refractivity contribution is 0.0804. The van der Waals surface area contributed by atoms with Crippen molar-refractivity contribution in [3.63, 3.8) is 0 Å². The Morgan fingerprint density at radius 2 is 2.07 bits per heavy atom. The molecule has 14 heavy (non-hydrogen) atoms. The van der Waals surface area contributed by atoms with E-state index < -0.39 is 5.54 Å². The van der Waals surface area contributed by atoms with E-state index in [9.17, 15) is 0 Å². The molecule has 0 aromatic heterocycles. The van der Waals surface area contributed by atoms with Gasteiger partial charge in [0.2, 0.25) is 0 Å². The summed E-state index contributed by atoms with van der Waals surface area (Å²) in [7, 11) is 2.10. The Morgan fingerprint density at radius 3 is 2.57 bits per heavy atom. The fraction of sp³-hybridized carbons (Fsp3) is 1.00. The van der Waals surface area contributed by atoms with Gasteiger partial charge in [-0.15, -0.1) is 0 Å². The third-order valence-corrected chi connectivity index (χ3v) is 2.88. The largest absolute Gasteiger partial charge is 0.394 e. The van der Waals surface area contributed by atoms with Crippen molar-refractivity contribution < 1.29 is 10.2 Å². The van der Waals surface area contributed by atoms with Crippen molar-refractivity contribution in [3.8, 4) is 0 Å². The van der Waals surface area contributed by atoms with Crippen LogP contribution < -0.4 is 5.32 Å². The Morgan fingerprint density at radius 1 is 1.43 bits per heavy atom. The smallest absolute Gasteiger partial charge is 0.0633 e. The average Bonchev–Trinajstić information content (AvgIpc) is 2.18. The zero-order chi connectivity index (χ0) is 10.6. The molecule has 4 heteroatoms. The fourth-order valence-corrected chi connectivity index (χ4v) is 1.92. The summed E-state index contributed by atoms with van der Waals surface area (Å²) in [5, 5.41) is 21.6. The Hall–Kier alpha value is -0.160. The number of likely N-dealkylation sites (N-methyl/N-ethyl adjacent to an activating group) is 1. The molecule has 1 unspecified atom stereocenters. The number of rotatable bonds is 4. The molecule has 1 saturated heterocycles. The van der Waals surface area contributed by atoms with E-state index in [1.807, 2.05) is 6.92 Å². The van der Waals surface area contributed by atoms with Crippen LogP contribution in [0.15, 0.2) is 0 Å². The highest BCUT2D eigenvalue weighted by molar-refractivity contribution is 4.88. The van der Waals surface area contributed by atoms with Crippen molar-refractivity contribution >= 4 is 0 Å². The molecule has 0 saturated carbocycles. The third-order valence-electron chi connectivity index (χ3n) is 2.88. The molecule has 1 heterocycles. The standard InChI is InChI=1S/C10H22N2O2/c1-10(7-13,8-14)11-9-4-3-5-12(2)6-9/h9,11,13-14H,3-8H2,1-2H3. The van der Waals surface area contributed by atoms with E-state index in [2.05, 4.69) is 17.3 Å². The van der Waals surface area contributed by atoms with E-state index in [0.717, 1.165) is 19.5 Å². The first-order valence-electron chi connectivity index (χ1n) is 5.27. The van der Waals surface area contributed by atoms with Crippen molar-refractivity contribution in [2.75, 3.05) is 33.4 Å². The molecule has 0 bridgehead atoms. The highest BCUT2D eigenvalue weighted by Crippen LogP contribution is 2.12. The molecule has 4 nitrogen and oxygen atoms in total. The van der Waals surface area contributed by atoms with Crippen LogP contribution in [0.5, 0.6) is 0 Å². The number of piperidine rings is 1. The Balaban J connectivity index is 2.41. The molecule has 0 aromatic rings. The average molecular weight is 202 g/mol. The first-order chi connectivity index (χ1) is 6.59. The molecule has 0 aromatic carbocycles. The normalized spacial score (nSPS) is 25.3. The van der Waals surface area contributed by atoms with E-state index in [4.69, 9.17) is 10.2 Å². The maximum Gasteiger partial charge on any atom is 0.0633 e. The minimum atomic E-state index is -0.539. The first kappa shape index (κ1) is 11.9. The summed E-state index contributed by atoms with van der Waals surface area (Å²) >= 11 is 0. The van der Waals surface area contributed by atoms with E-state index in [1.165, 1.54) is 6.42 Å². The molecule has 1 atom stereocenters. The van der Waals surface area contributed by atoms with Gasteiger partial charge in [-0.2, -0.15) is 0 Å². The number of hydrogen-bond acceptors (Lipinski definition) is 4. The van der Waals surface area contributed by atoms with Crippen LogP contribution in [0.4, 0.5) is 0 Å². The number of nitrogens with zero attached hydrogens (tertiary/aromatic N) is 1. The molecule has 0 aliphatic carbocycles. The second-order valence-electron chi connectivity index (χ2n) is 4.62. The van der Waals surface area contributed by atoms with Crippen LogP contribution in [-0.2, 0) is 0 Å².